The van der Waals surface area contributed by atoms with E-state index in [1.54, 1.807) is 14.2 Å². The maximum Gasteiger partial charge on any atom is 0.161 e. The molecule has 0 saturated carbocycles. The molecular formula is C12H15BrO4. The van der Waals surface area contributed by atoms with Gasteiger partial charge in [-0.25, -0.2) is 0 Å². The quantitative estimate of drug-likeness (QED) is 0.921. The Bertz CT molecular complexity index is 415. The van der Waals surface area contributed by atoms with Gasteiger partial charge in [-0.1, -0.05) is 15.9 Å². The third-order valence-corrected chi connectivity index (χ3v) is 3.55. The van der Waals surface area contributed by atoms with E-state index in [2.05, 4.69) is 15.9 Å². The fraction of sp³-hybridized carbons (Fsp3) is 0.500. The minimum atomic E-state index is -0.748. The number of ether oxygens (including phenoxy) is 3. The second kappa shape index (κ2) is 4.84. The Balaban J connectivity index is 2.27. The van der Waals surface area contributed by atoms with Crippen LogP contribution in [0, 0.1) is 0 Å². The van der Waals surface area contributed by atoms with Crippen LogP contribution in [0.1, 0.15) is 5.56 Å². The molecular weight excluding hydrogens is 288 g/mol. The highest BCUT2D eigenvalue weighted by atomic mass is 79.9. The third kappa shape index (κ3) is 2.56. The Morgan fingerprint density at radius 2 is 1.88 bits per heavy atom. The molecule has 1 fully saturated rings. The van der Waals surface area contributed by atoms with Gasteiger partial charge < -0.3 is 19.3 Å². The Morgan fingerprint density at radius 3 is 2.35 bits per heavy atom. The van der Waals surface area contributed by atoms with E-state index >= 15 is 0 Å². The Hall–Kier alpha value is -0.780. The van der Waals surface area contributed by atoms with Crippen molar-refractivity contribution in [1.82, 2.24) is 0 Å². The molecule has 5 heteroatoms. The summed E-state index contributed by atoms with van der Waals surface area (Å²) in [7, 11) is 3.19. The maximum atomic E-state index is 10.1. The lowest BCUT2D eigenvalue weighted by atomic mass is 9.93. The number of aliphatic hydroxyl groups is 1. The third-order valence-electron chi connectivity index (χ3n) is 2.81. The lowest BCUT2D eigenvalue weighted by Gasteiger charge is -2.36. The number of hydrogen-bond acceptors (Lipinski definition) is 4. The van der Waals surface area contributed by atoms with Gasteiger partial charge in [0, 0.05) is 10.9 Å². The van der Waals surface area contributed by atoms with Crippen LogP contribution in [0.3, 0.4) is 0 Å². The zero-order valence-electron chi connectivity index (χ0n) is 9.83. The first kappa shape index (κ1) is 12.7. The summed E-state index contributed by atoms with van der Waals surface area (Å²) in [4.78, 5) is 0. The maximum absolute atomic E-state index is 10.1. The summed E-state index contributed by atoms with van der Waals surface area (Å²) < 4.78 is 16.4. The van der Waals surface area contributed by atoms with Crippen molar-refractivity contribution < 1.29 is 19.3 Å². The van der Waals surface area contributed by atoms with Crippen LogP contribution in [0.25, 0.3) is 0 Å². The molecule has 1 heterocycles. The molecule has 0 spiro atoms. The molecule has 0 unspecified atom stereocenters. The monoisotopic (exact) mass is 302 g/mol. The van der Waals surface area contributed by atoms with Crippen molar-refractivity contribution in [3.63, 3.8) is 0 Å². The van der Waals surface area contributed by atoms with Gasteiger partial charge in [-0.3, -0.25) is 0 Å². The molecule has 17 heavy (non-hydrogen) atoms. The predicted octanol–water partition coefficient (Wildman–Crippen LogP) is 1.77. The standard InChI is InChI=1S/C12H15BrO4/c1-15-10-3-8(5-12(14)6-17-7-12)9(13)4-11(10)16-2/h3-4,14H,5-7H2,1-2H3. The van der Waals surface area contributed by atoms with Gasteiger partial charge in [-0.2, -0.15) is 0 Å². The first-order valence-electron chi connectivity index (χ1n) is 5.28. The summed E-state index contributed by atoms with van der Waals surface area (Å²) in [6.07, 6.45) is 0.536. The topological polar surface area (TPSA) is 47.9 Å². The molecule has 0 aromatic heterocycles. The second-order valence-electron chi connectivity index (χ2n) is 4.19. The molecule has 1 aliphatic heterocycles. The van der Waals surface area contributed by atoms with E-state index in [-0.39, 0.29) is 0 Å². The van der Waals surface area contributed by atoms with Crippen molar-refractivity contribution >= 4 is 15.9 Å². The molecule has 2 rings (SSSR count). The smallest absolute Gasteiger partial charge is 0.161 e. The molecule has 4 nitrogen and oxygen atoms in total. The van der Waals surface area contributed by atoms with Gasteiger partial charge >= 0.3 is 0 Å². The van der Waals surface area contributed by atoms with Crippen LogP contribution in [0.2, 0.25) is 0 Å². The Kier molecular flexibility index (Phi) is 3.61. The normalized spacial score (nSPS) is 17.4. The predicted molar refractivity (Wildman–Crippen MR) is 66.7 cm³/mol. The van der Waals surface area contributed by atoms with Crippen LogP contribution in [-0.2, 0) is 11.2 Å². The second-order valence-corrected chi connectivity index (χ2v) is 5.05. The van der Waals surface area contributed by atoms with E-state index in [1.165, 1.54) is 0 Å². The molecule has 1 aliphatic rings. The number of benzene rings is 1. The van der Waals surface area contributed by atoms with E-state index in [4.69, 9.17) is 14.2 Å². The van der Waals surface area contributed by atoms with Crippen molar-refractivity contribution in [1.29, 1.82) is 0 Å². The van der Waals surface area contributed by atoms with Crippen molar-refractivity contribution in [2.75, 3.05) is 27.4 Å². The molecule has 0 atom stereocenters. The van der Waals surface area contributed by atoms with Gasteiger partial charge in [-0.05, 0) is 17.7 Å². The molecule has 0 aliphatic carbocycles. The van der Waals surface area contributed by atoms with Crippen LogP contribution in [0.4, 0.5) is 0 Å². The largest absolute Gasteiger partial charge is 0.493 e. The molecule has 1 aromatic carbocycles. The fourth-order valence-electron chi connectivity index (χ4n) is 1.83. The lowest BCUT2D eigenvalue weighted by molar-refractivity contribution is -0.176. The number of methoxy groups -OCH3 is 2. The zero-order valence-corrected chi connectivity index (χ0v) is 11.4. The minimum absolute atomic E-state index is 0.383. The molecule has 0 bridgehead atoms. The van der Waals surface area contributed by atoms with Gasteiger partial charge in [0.15, 0.2) is 11.5 Å². The van der Waals surface area contributed by atoms with Gasteiger partial charge in [0.2, 0.25) is 0 Å². The van der Waals surface area contributed by atoms with Gasteiger partial charge in [-0.15, -0.1) is 0 Å². The molecule has 94 valence electrons. The van der Waals surface area contributed by atoms with E-state index < -0.39 is 5.60 Å². The summed E-state index contributed by atoms with van der Waals surface area (Å²) in [5.41, 5.74) is 0.232. The Labute approximate surface area is 109 Å². The van der Waals surface area contributed by atoms with Crippen molar-refractivity contribution in [3.8, 4) is 11.5 Å². The minimum Gasteiger partial charge on any atom is -0.493 e. The van der Waals surface area contributed by atoms with Gasteiger partial charge in [0.25, 0.3) is 0 Å². The van der Waals surface area contributed by atoms with Crippen molar-refractivity contribution in [2.45, 2.75) is 12.0 Å². The average molecular weight is 303 g/mol. The number of halogens is 1. The highest BCUT2D eigenvalue weighted by molar-refractivity contribution is 9.10. The van der Waals surface area contributed by atoms with Crippen molar-refractivity contribution in [2.24, 2.45) is 0 Å². The van der Waals surface area contributed by atoms with Crippen molar-refractivity contribution in [3.05, 3.63) is 22.2 Å². The van der Waals surface area contributed by atoms with Gasteiger partial charge in [0.1, 0.15) is 5.60 Å². The van der Waals surface area contributed by atoms with E-state index in [0.717, 1.165) is 10.0 Å². The summed E-state index contributed by atoms with van der Waals surface area (Å²) >= 11 is 3.47. The molecule has 1 N–H and O–H groups in total. The van der Waals surface area contributed by atoms with E-state index in [1.807, 2.05) is 12.1 Å². The van der Waals surface area contributed by atoms with Crippen LogP contribution in [0.5, 0.6) is 11.5 Å². The van der Waals surface area contributed by atoms with Crippen LogP contribution < -0.4 is 9.47 Å². The van der Waals surface area contributed by atoms with E-state index in [9.17, 15) is 5.11 Å². The highest BCUT2D eigenvalue weighted by Gasteiger charge is 2.36. The van der Waals surface area contributed by atoms with Crippen LogP contribution in [-0.4, -0.2) is 38.1 Å². The molecule has 0 amide bonds. The molecule has 1 saturated heterocycles. The average Bonchev–Trinajstić information content (AvgIpc) is 2.29. The number of rotatable bonds is 4. The first-order chi connectivity index (χ1) is 8.08. The first-order valence-corrected chi connectivity index (χ1v) is 6.08. The molecule has 1 aromatic rings. The summed E-state index contributed by atoms with van der Waals surface area (Å²) in [6.45, 7) is 0.765. The highest BCUT2D eigenvalue weighted by Crippen LogP contribution is 2.35. The molecule has 0 radical (unpaired) electrons. The zero-order chi connectivity index (χ0) is 12.5. The van der Waals surface area contributed by atoms with Crippen LogP contribution in [0.15, 0.2) is 16.6 Å². The summed E-state index contributed by atoms with van der Waals surface area (Å²) in [5, 5.41) is 10.1. The lowest BCUT2D eigenvalue weighted by Crippen LogP contribution is -2.51. The van der Waals surface area contributed by atoms with Gasteiger partial charge in [0.05, 0.1) is 27.4 Å². The Morgan fingerprint density at radius 1 is 1.29 bits per heavy atom. The summed E-state index contributed by atoms with van der Waals surface area (Å²) in [5.74, 6) is 1.33. The SMILES string of the molecule is COc1cc(Br)c(CC2(O)COC2)cc1OC. The number of hydrogen-bond donors (Lipinski definition) is 1. The fourth-order valence-corrected chi connectivity index (χ4v) is 2.29. The van der Waals surface area contributed by atoms with E-state index in [0.29, 0.717) is 31.1 Å². The summed E-state index contributed by atoms with van der Waals surface area (Å²) in [6, 6.07) is 3.72. The van der Waals surface area contributed by atoms with Crippen LogP contribution >= 0.6 is 15.9 Å².